The molecule has 12 heavy (non-hydrogen) atoms. The van der Waals surface area contributed by atoms with E-state index in [4.69, 9.17) is 0 Å². The van der Waals surface area contributed by atoms with E-state index in [1.807, 2.05) is 0 Å². The van der Waals surface area contributed by atoms with Gasteiger partial charge in [-0.1, -0.05) is 12.1 Å². The molecule has 0 amide bonds. The third-order valence-electron chi connectivity index (χ3n) is 1.28. The maximum atomic E-state index is 12.5. The van der Waals surface area contributed by atoms with Crippen LogP contribution in [0, 0.1) is 12.1 Å². The van der Waals surface area contributed by atoms with E-state index in [9.17, 15) is 12.8 Å². The zero-order valence-corrected chi connectivity index (χ0v) is 7.14. The molecule has 0 spiro atoms. The Morgan fingerprint density at radius 2 is 2.08 bits per heavy atom. The first-order chi connectivity index (χ1) is 5.47. The highest BCUT2D eigenvalue weighted by Gasteiger charge is 2.04. The molecule has 0 aliphatic rings. The molecule has 0 saturated carbocycles. The maximum absolute atomic E-state index is 12.5. The van der Waals surface area contributed by atoms with Crippen LogP contribution in [-0.2, 0) is 15.6 Å². The number of hydrogen-bond acceptors (Lipinski definition) is 2. The number of rotatable bonds is 2. The van der Waals surface area contributed by atoms with Crippen molar-refractivity contribution in [3.8, 4) is 0 Å². The largest absolute Gasteiger partial charge is 0.228 e. The summed E-state index contributed by atoms with van der Waals surface area (Å²) in [5.74, 6) is -0.652. The molecule has 0 fully saturated rings. The van der Waals surface area contributed by atoms with Gasteiger partial charge in [-0.3, -0.25) is 0 Å². The van der Waals surface area contributed by atoms with Crippen LogP contribution in [0.15, 0.2) is 24.3 Å². The fraction of sp³-hybridized carbons (Fsp3) is 0.125. The highest BCUT2D eigenvalue weighted by Crippen LogP contribution is 2.07. The minimum atomic E-state index is -3.31. The smallest absolute Gasteiger partial charge is 0.155 e. The van der Waals surface area contributed by atoms with Crippen LogP contribution >= 0.6 is 0 Å². The highest BCUT2D eigenvalue weighted by molar-refractivity contribution is 7.91. The van der Waals surface area contributed by atoms with Gasteiger partial charge in [0, 0.05) is 0 Å². The number of halogens is 1. The Morgan fingerprint density at radius 1 is 1.42 bits per heavy atom. The van der Waals surface area contributed by atoms with Gasteiger partial charge in [0.2, 0.25) is 0 Å². The molecule has 65 valence electrons. The van der Waals surface area contributed by atoms with Gasteiger partial charge in [-0.25, -0.2) is 12.8 Å². The second kappa shape index (κ2) is 3.23. The van der Waals surface area contributed by atoms with Crippen molar-refractivity contribution in [1.29, 1.82) is 0 Å². The lowest BCUT2D eigenvalue weighted by molar-refractivity contribution is 0.603. The minimum absolute atomic E-state index is 0.218. The van der Waals surface area contributed by atoms with Gasteiger partial charge >= 0.3 is 0 Å². The summed E-state index contributed by atoms with van der Waals surface area (Å²) in [5.41, 5.74) is 0.421. The first-order valence-corrected chi connectivity index (χ1v) is 5.10. The first kappa shape index (κ1) is 9.19. The van der Waals surface area contributed by atoms with Crippen LogP contribution in [0.4, 0.5) is 4.39 Å². The Balaban J connectivity index is 2.91. The molecule has 1 rings (SSSR count). The molecule has 0 heterocycles. The van der Waals surface area contributed by atoms with E-state index in [1.54, 1.807) is 6.07 Å². The average molecular weight is 187 g/mol. The summed E-state index contributed by atoms with van der Waals surface area (Å²) in [6.45, 7) is 0. The van der Waals surface area contributed by atoms with E-state index < -0.39 is 15.7 Å². The normalized spacial score (nSPS) is 11.5. The third-order valence-corrected chi connectivity index (χ3v) is 2.05. The Morgan fingerprint density at radius 3 is 2.58 bits per heavy atom. The quantitative estimate of drug-likeness (QED) is 0.703. The van der Waals surface area contributed by atoms with Gasteiger partial charge in [0.05, 0.1) is 12.0 Å². The molecule has 2 nitrogen and oxygen atoms in total. The zero-order valence-electron chi connectivity index (χ0n) is 6.33. The van der Waals surface area contributed by atoms with Gasteiger partial charge in [-0.05, 0) is 17.7 Å². The Bertz CT molecular complexity index is 370. The summed E-state index contributed by atoms with van der Waals surface area (Å²) in [6, 6.07) is 5.46. The van der Waals surface area contributed by atoms with E-state index in [0.717, 1.165) is 0 Å². The van der Waals surface area contributed by atoms with E-state index in [1.165, 1.54) is 18.2 Å². The van der Waals surface area contributed by atoms with E-state index in [-0.39, 0.29) is 5.75 Å². The fourth-order valence-corrected chi connectivity index (χ4v) is 1.57. The monoisotopic (exact) mass is 187 g/mol. The molecular formula is C8H8FO2S. The van der Waals surface area contributed by atoms with Gasteiger partial charge in [-0.15, -0.1) is 0 Å². The minimum Gasteiger partial charge on any atom is -0.228 e. The lowest BCUT2D eigenvalue weighted by Crippen LogP contribution is -1.98. The summed E-state index contributed by atoms with van der Waals surface area (Å²) in [4.78, 5) is 0. The van der Waals surface area contributed by atoms with Crippen LogP contribution in [0.5, 0.6) is 0 Å². The molecule has 0 aromatic heterocycles. The molecule has 1 aromatic rings. The van der Waals surface area contributed by atoms with Crippen LogP contribution in [0.3, 0.4) is 0 Å². The molecule has 4 heteroatoms. The number of sulfone groups is 1. The van der Waals surface area contributed by atoms with E-state index in [2.05, 4.69) is 6.26 Å². The summed E-state index contributed by atoms with van der Waals surface area (Å²) < 4.78 is 33.9. The molecule has 0 atom stereocenters. The van der Waals surface area contributed by atoms with Crippen LogP contribution in [0.1, 0.15) is 5.56 Å². The Labute approximate surface area is 71.0 Å². The van der Waals surface area contributed by atoms with Crippen LogP contribution in [0.2, 0.25) is 0 Å². The fourth-order valence-electron chi connectivity index (χ4n) is 0.881. The maximum Gasteiger partial charge on any atom is 0.155 e. The molecule has 1 radical (unpaired) electrons. The number of benzene rings is 1. The van der Waals surface area contributed by atoms with Gasteiger partial charge in [-0.2, -0.15) is 0 Å². The van der Waals surface area contributed by atoms with Crippen molar-refractivity contribution in [2.45, 2.75) is 5.75 Å². The second-order valence-electron chi connectivity index (χ2n) is 2.52. The van der Waals surface area contributed by atoms with E-state index >= 15 is 0 Å². The van der Waals surface area contributed by atoms with Crippen molar-refractivity contribution in [2.24, 2.45) is 0 Å². The summed E-state index contributed by atoms with van der Waals surface area (Å²) in [5, 5.41) is 0. The van der Waals surface area contributed by atoms with Gasteiger partial charge < -0.3 is 0 Å². The Hall–Kier alpha value is -0.900. The predicted octanol–water partition coefficient (Wildman–Crippen LogP) is 1.53. The molecule has 0 aliphatic carbocycles. The van der Waals surface area contributed by atoms with Crippen LogP contribution < -0.4 is 0 Å². The van der Waals surface area contributed by atoms with Gasteiger partial charge in [0.25, 0.3) is 0 Å². The second-order valence-corrected chi connectivity index (χ2v) is 4.29. The van der Waals surface area contributed by atoms with Crippen molar-refractivity contribution in [1.82, 2.24) is 0 Å². The van der Waals surface area contributed by atoms with Crippen molar-refractivity contribution in [3.63, 3.8) is 0 Å². The Kier molecular flexibility index (Phi) is 2.47. The molecule has 0 bridgehead atoms. The van der Waals surface area contributed by atoms with Crippen molar-refractivity contribution in [3.05, 3.63) is 41.9 Å². The van der Waals surface area contributed by atoms with Crippen LogP contribution in [-0.4, -0.2) is 8.42 Å². The zero-order chi connectivity index (χ0) is 9.19. The molecule has 0 saturated heterocycles. The van der Waals surface area contributed by atoms with Gasteiger partial charge in [0.15, 0.2) is 9.84 Å². The standard InChI is InChI=1S/C8H8FO2S/c1-12(10,11)6-7-3-2-4-8(9)5-7/h2-5H,1,6H2. The molecule has 0 N–H and O–H groups in total. The lowest BCUT2D eigenvalue weighted by Gasteiger charge is -1.97. The van der Waals surface area contributed by atoms with Crippen molar-refractivity contribution < 1.29 is 12.8 Å². The first-order valence-electron chi connectivity index (χ1n) is 3.27. The number of hydrogen-bond donors (Lipinski definition) is 0. The van der Waals surface area contributed by atoms with E-state index in [0.29, 0.717) is 5.56 Å². The summed E-state index contributed by atoms with van der Waals surface area (Å²) >= 11 is 0. The predicted molar refractivity (Wildman–Crippen MR) is 44.4 cm³/mol. The summed E-state index contributed by atoms with van der Waals surface area (Å²) in [7, 11) is -3.31. The van der Waals surface area contributed by atoms with Crippen LogP contribution in [0.25, 0.3) is 0 Å². The highest BCUT2D eigenvalue weighted by atomic mass is 32.2. The summed E-state index contributed by atoms with van der Waals surface area (Å²) in [6.07, 6.45) is 2.95. The molecule has 0 aliphatic heterocycles. The molecule has 0 unspecified atom stereocenters. The third kappa shape index (κ3) is 3.00. The molecule has 1 aromatic carbocycles. The van der Waals surface area contributed by atoms with Crippen molar-refractivity contribution >= 4 is 9.84 Å². The van der Waals surface area contributed by atoms with Crippen molar-refractivity contribution in [2.75, 3.05) is 0 Å². The topological polar surface area (TPSA) is 34.1 Å². The average Bonchev–Trinajstić information content (AvgIpc) is 1.82. The molecular weight excluding hydrogens is 179 g/mol. The van der Waals surface area contributed by atoms with Gasteiger partial charge in [0.1, 0.15) is 5.82 Å². The SMILES string of the molecule is [CH2]S(=O)(=O)Cc1cccc(F)c1. The lowest BCUT2D eigenvalue weighted by atomic mass is 10.2.